The summed E-state index contributed by atoms with van der Waals surface area (Å²) in [7, 11) is 0. The Kier molecular flexibility index (Phi) is 4.31. The summed E-state index contributed by atoms with van der Waals surface area (Å²) in [6.45, 7) is 8.61. The molecule has 4 heteroatoms. The molecule has 0 unspecified atom stereocenters. The number of hydrogen-bond donors (Lipinski definition) is 0. The predicted octanol–water partition coefficient (Wildman–Crippen LogP) is 2.32. The molecule has 0 aromatic heterocycles. The zero-order valence-electron chi connectivity index (χ0n) is 9.31. The molecule has 0 aliphatic carbocycles. The minimum atomic E-state index is -1.09. The van der Waals surface area contributed by atoms with Crippen molar-refractivity contribution in [3.05, 3.63) is 0 Å². The Hall–Kier alpha value is -0.380. The summed E-state index contributed by atoms with van der Waals surface area (Å²) in [5.74, 6) is -0.652. The van der Waals surface area contributed by atoms with Gasteiger partial charge >= 0.3 is 5.97 Å². The predicted molar refractivity (Wildman–Crippen MR) is 58.4 cm³/mol. The Morgan fingerprint density at radius 3 is 1.93 bits per heavy atom. The van der Waals surface area contributed by atoms with E-state index in [0.29, 0.717) is 0 Å². The molecule has 0 saturated heterocycles. The van der Waals surface area contributed by atoms with Gasteiger partial charge in [-0.1, -0.05) is 15.9 Å². The number of carbonyl (C=O) groups excluding carboxylic acids is 2. The third kappa shape index (κ3) is 3.08. The molecule has 0 aromatic rings. The Morgan fingerprint density at radius 1 is 1.21 bits per heavy atom. The van der Waals surface area contributed by atoms with Gasteiger partial charge in [0.2, 0.25) is 0 Å². The standard InChI is InChI=1S/C10H17BrO3/c1-6-14-8(13)9(2,3)7(12)10(4,5)11/h6H2,1-5H3. The van der Waals surface area contributed by atoms with Crippen molar-refractivity contribution in [2.75, 3.05) is 6.61 Å². The SMILES string of the molecule is CCOC(=O)C(C)(C)C(=O)C(C)(C)Br. The van der Waals surface area contributed by atoms with Gasteiger partial charge in [0.1, 0.15) is 5.41 Å². The van der Waals surface area contributed by atoms with E-state index in [1.54, 1.807) is 34.6 Å². The van der Waals surface area contributed by atoms with Crippen LogP contribution < -0.4 is 0 Å². The first kappa shape index (κ1) is 13.6. The lowest BCUT2D eigenvalue weighted by atomic mass is 9.82. The molecule has 0 aliphatic rings. The number of ketones is 1. The van der Waals surface area contributed by atoms with Crippen molar-refractivity contribution in [2.45, 2.75) is 38.9 Å². The van der Waals surface area contributed by atoms with Crippen LogP contribution in [0.1, 0.15) is 34.6 Å². The number of hydrogen-bond acceptors (Lipinski definition) is 3. The number of ether oxygens (including phenoxy) is 1. The lowest BCUT2D eigenvalue weighted by Gasteiger charge is -2.27. The van der Waals surface area contributed by atoms with E-state index in [1.807, 2.05) is 0 Å². The second-order valence-electron chi connectivity index (χ2n) is 4.15. The molecule has 0 bridgehead atoms. The van der Waals surface area contributed by atoms with Crippen LogP contribution in [0.25, 0.3) is 0 Å². The van der Waals surface area contributed by atoms with E-state index in [4.69, 9.17) is 4.74 Å². The first-order valence-corrected chi connectivity index (χ1v) is 5.34. The van der Waals surface area contributed by atoms with Crippen LogP contribution in [-0.4, -0.2) is 22.7 Å². The normalized spacial score (nSPS) is 12.4. The highest BCUT2D eigenvalue weighted by molar-refractivity contribution is 9.10. The number of alkyl halides is 1. The topological polar surface area (TPSA) is 43.4 Å². The average molecular weight is 265 g/mol. The van der Waals surface area contributed by atoms with Crippen molar-refractivity contribution in [3.8, 4) is 0 Å². The van der Waals surface area contributed by atoms with Crippen molar-refractivity contribution >= 4 is 27.7 Å². The van der Waals surface area contributed by atoms with Gasteiger partial charge in [-0.3, -0.25) is 9.59 Å². The molecule has 0 radical (unpaired) electrons. The molecule has 0 atom stereocenters. The fourth-order valence-electron chi connectivity index (χ4n) is 1.15. The Morgan fingerprint density at radius 2 is 1.64 bits per heavy atom. The van der Waals surface area contributed by atoms with Crippen molar-refractivity contribution in [2.24, 2.45) is 5.41 Å². The quantitative estimate of drug-likeness (QED) is 0.445. The molecule has 3 nitrogen and oxygen atoms in total. The molecule has 0 fully saturated rings. The first-order chi connectivity index (χ1) is 6.14. The molecule has 0 N–H and O–H groups in total. The third-order valence-corrected chi connectivity index (χ3v) is 2.25. The summed E-state index contributed by atoms with van der Waals surface area (Å²) in [6, 6.07) is 0. The summed E-state index contributed by atoms with van der Waals surface area (Å²) in [5, 5.41) is 0. The molecule has 0 spiro atoms. The number of esters is 1. The van der Waals surface area contributed by atoms with Crippen LogP contribution >= 0.6 is 15.9 Å². The van der Waals surface area contributed by atoms with E-state index in [0.717, 1.165) is 0 Å². The Labute approximate surface area is 93.3 Å². The molecule has 0 aromatic carbocycles. The Balaban J connectivity index is 4.79. The number of carbonyl (C=O) groups is 2. The van der Waals surface area contributed by atoms with Crippen LogP contribution in [0.15, 0.2) is 0 Å². The zero-order valence-corrected chi connectivity index (χ0v) is 10.9. The summed E-state index contributed by atoms with van der Waals surface area (Å²) in [6.07, 6.45) is 0. The van der Waals surface area contributed by atoms with E-state index in [9.17, 15) is 9.59 Å². The molecular weight excluding hydrogens is 248 g/mol. The summed E-state index contributed by atoms with van der Waals surface area (Å²) >= 11 is 3.24. The Bertz CT molecular complexity index is 238. The van der Waals surface area contributed by atoms with Crippen LogP contribution in [0.5, 0.6) is 0 Å². The fraction of sp³-hybridized carbons (Fsp3) is 0.800. The smallest absolute Gasteiger partial charge is 0.319 e. The van der Waals surface area contributed by atoms with Crippen molar-refractivity contribution in [3.63, 3.8) is 0 Å². The summed E-state index contributed by atoms with van der Waals surface area (Å²) in [5.41, 5.74) is -1.09. The van der Waals surface area contributed by atoms with E-state index in [-0.39, 0.29) is 12.4 Å². The van der Waals surface area contributed by atoms with Gasteiger partial charge in [-0.05, 0) is 34.6 Å². The maximum Gasteiger partial charge on any atom is 0.319 e. The fourth-order valence-corrected chi connectivity index (χ4v) is 1.64. The zero-order chi connectivity index (χ0) is 11.6. The molecule has 0 rings (SSSR count). The summed E-state index contributed by atoms with van der Waals surface area (Å²) < 4.78 is 4.14. The van der Waals surface area contributed by atoms with Crippen LogP contribution in [-0.2, 0) is 14.3 Å². The van der Waals surface area contributed by atoms with Gasteiger partial charge in [-0.25, -0.2) is 0 Å². The van der Waals surface area contributed by atoms with E-state index < -0.39 is 15.7 Å². The summed E-state index contributed by atoms with van der Waals surface area (Å²) in [4.78, 5) is 23.3. The van der Waals surface area contributed by atoms with Crippen molar-refractivity contribution in [1.82, 2.24) is 0 Å². The first-order valence-electron chi connectivity index (χ1n) is 4.55. The highest BCUT2D eigenvalue weighted by Gasteiger charge is 2.43. The second kappa shape index (κ2) is 4.43. The monoisotopic (exact) mass is 264 g/mol. The molecule has 0 amide bonds. The van der Waals surface area contributed by atoms with Gasteiger partial charge < -0.3 is 4.74 Å². The van der Waals surface area contributed by atoms with Crippen LogP contribution in [0.4, 0.5) is 0 Å². The van der Waals surface area contributed by atoms with Gasteiger partial charge in [0.25, 0.3) is 0 Å². The molecule has 0 heterocycles. The highest BCUT2D eigenvalue weighted by atomic mass is 79.9. The van der Waals surface area contributed by atoms with Crippen LogP contribution in [0.3, 0.4) is 0 Å². The van der Waals surface area contributed by atoms with Gasteiger partial charge in [-0.2, -0.15) is 0 Å². The number of rotatable bonds is 4. The van der Waals surface area contributed by atoms with Crippen molar-refractivity contribution in [1.29, 1.82) is 0 Å². The second-order valence-corrected chi connectivity index (χ2v) is 6.13. The van der Waals surface area contributed by atoms with Gasteiger partial charge in [0.05, 0.1) is 10.9 Å². The number of Topliss-reactive ketones (excluding diaryl/α,β-unsaturated/α-hetero) is 1. The lowest BCUT2D eigenvalue weighted by Crippen LogP contribution is -2.43. The van der Waals surface area contributed by atoms with E-state index in [2.05, 4.69) is 15.9 Å². The molecule has 0 aliphatic heterocycles. The lowest BCUT2D eigenvalue weighted by molar-refractivity contribution is -0.158. The molecule has 82 valence electrons. The van der Waals surface area contributed by atoms with Gasteiger partial charge in [0.15, 0.2) is 5.78 Å². The minimum absolute atomic E-state index is 0.177. The van der Waals surface area contributed by atoms with Gasteiger partial charge in [-0.15, -0.1) is 0 Å². The van der Waals surface area contributed by atoms with E-state index in [1.165, 1.54) is 0 Å². The van der Waals surface area contributed by atoms with Crippen molar-refractivity contribution < 1.29 is 14.3 Å². The molecule has 0 saturated carbocycles. The molecular formula is C10H17BrO3. The van der Waals surface area contributed by atoms with Gasteiger partial charge in [0, 0.05) is 0 Å². The maximum absolute atomic E-state index is 11.9. The van der Waals surface area contributed by atoms with Crippen LogP contribution in [0.2, 0.25) is 0 Å². The average Bonchev–Trinajstić information content (AvgIpc) is 2.01. The minimum Gasteiger partial charge on any atom is -0.465 e. The molecule has 14 heavy (non-hydrogen) atoms. The van der Waals surface area contributed by atoms with E-state index >= 15 is 0 Å². The van der Waals surface area contributed by atoms with Crippen LogP contribution in [0, 0.1) is 5.41 Å². The third-order valence-electron chi connectivity index (χ3n) is 1.89. The largest absolute Gasteiger partial charge is 0.465 e. The number of halogens is 1. The maximum atomic E-state index is 11.9. The highest BCUT2D eigenvalue weighted by Crippen LogP contribution is 2.30.